The molecule has 1 aromatic rings. The van der Waals surface area contributed by atoms with Crippen LogP contribution in [0.15, 0.2) is 24.3 Å². The number of aryl methyl sites for hydroxylation is 1. The Hall–Kier alpha value is -0.640. The second-order valence-corrected chi connectivity index (χ2v) is 3.12. The van der Waals surface area contributed by atoms with Crippen molar-refractivity contribution in [3.63, 3.8) is 0 Å². The summed E-state index contributed by atoms with van der Waals surface area (Å²) in [4.78, 5) is 0. The normalized spacial score (nSPS) is 11.7. The van der Waals surface area contributed by atoms with Crippen LogP contribution in [0.4, 0.5) is 13.2 Å². The number of benzene rings is 1. The van der Waals surface area contributed by atoms with Gasteiger partial charge >= 0.3 is 6.18 Å². The molecule has 0 nitrogen and oxygen atoms in total. The third-order valence-corrected chi connectivity index (χ3v) is 1.91. The third kappa shape index (κ3) is 2.95. The van der Waals surface area contributed by atoms with Crippen molar-refractivity contribution >= 4 is 12.6 Å². The highest BCUT2D eigenvalue weighted by molar-refractivity contribution is 7.80. The number of alkyl halides is 3. The first-order valence-electron chi connectivity index (χ1n) is 3.81. The minimum absolute atomic E-state index is 0.601. The highest BCUT2D eigenvalue weighted by Gasteiger charge is 2.29. The van der Waals surface area contributed by atoms with Gasteiger partial charge in [-0.15, -0.1) is 0 Å². The van der Waals surface area contributed by atoms with Crippen LogP contribution in [0, 0.1) is 0 Å². The summed E-state index contributed by atoms with van der Waals surface area (Å²) in [6, 6.07) is 5.16. The first-order valence-corrected chi connectivity index (χ1v) is 4.44. The summed E-state index contributed by atoms with van der Waals surface area (Å²) >= 11 is 3.99. The van der Waals surface area contributed by atoms with Gasteiger partial charge < -0.3 is 0 Å². The topological polar surface area (TPSA) is 0 Å². The molecule has 0 spiro atoms. The van der Waals surface area contributed by atoms with E-state index in [0.29, 0.717) is 12.2 Å². The highest BCUT2D eigenvalue weighted by atomic mass is 32.1. The van der Waals surface area contributed by atoms with Crippen molar-refractivity contribution in [1.29, 1.82) is 0 Å². The lowest BCUT2D eigenvalue weighted by Gasteiger charge is -2.06. The molecule has 0 aliphatic heterocycles. The first-order chi connectivity index (χ1) is 6.04. The molecule has 0 saturated carbocycles. The molecule has 0 amide bonds. The van der Waals surface area contributed by atoms with Crippen molar-refractivity contribution in [3.05, 3.63) is 35.4 Å². The molecule has 0 aliphatic carbocycles. The average molecular weight is 206 g/mol. The van der Waals surface area contributed by atoms with Crippen LogP contribution >= 0.6 is 12.6 Å². The molecule has 0 aromatic heterocycles. The molecule has 0 bridgehead atoms. The maximum absolute atomic E-state index is 12.1. The van der Waals surface area contributed by atoms with Crippen molar-refractivity contribution in [2.24, 2.45) is 0 Å². The van der Waals surface area contributed by atoms with E-state index in [2.05, 4.69) is 12.6 Å². The molecule has 0 atom stereocenters. The van der Waals surface area contributed by atoms with Crippen molar-refractivity contribution in [1.82, 2.24) is 0 Å². The van der Waals surface area contributed by atoms with E-state index in [1.807, 2.05) is 0 Å². The van der Waals surface area contributed by atoms with Gasteiger partial charge in [-0.05, 0) is 29.9 Å². The summed E-state index contributed by atoms with van der Waals surface area (Å²) < 4.78 is 36.3. The minimum atomic E-state index is -4.24. The molecule has 13 heavy (non-hydrogen) atoms. The minimum Gasteiger partial charge on any atom is -0.179 e. The third-order valence-electron chi connectivity index (χ3n) is 1.68. The monoisotopic (exact) mass is 206 g/mol. The Bertz CT molecular complexity index is 263. The molecule has 0 aliphatic rings. The van der Waals surface area contributed by atoms with Crippen LogP contribution in [0.3, 0.4) is 0 Å². The van der Waals surface area contributed by atoms with E-state index in [1.54, 1.807) is 0 Å². The molecule has 1 rings (SSSR count). The summed E-state index contributed by atoms with van der Waals surface area (Å²) in [5, 5.41) is 0. The fourth-order valence-electron chi connectivity index (χ4n) is 0.989. The standard InChI is InChI=1S/C9H9F3S/c10-9(11,12)8-3-1-7(2-4-8)5-6-13/h1-4,13H,5-6H2. The summed E-state index contributed by atoms with van der Waals surface area (Å²) in [7, 11) is 0. The van der Waals surface area contributed by atoms with E-state index in [9.17, 15) is 13.2 Å². The van der Waals surface area contributed by atoms with Gasteiger partial charge in [-0.2, -0.15) is 25.8 Å². The predicted octanol–water partition coefficient (Wildman–Crippen LogP) is 3.18. The lowest BCUT2D eigenvalue weighted by molar-refractivity contribution is -0.137. The fraction of sp³-hybridized carbons (Fsp3) is 0.333. The van der Waals surface area contributed by atoms with Crippen LogP contribution in [0.5, 0.6) is 0 Å². The Kier molecular flexibility index (Phi) is 3.25. The smallest absolute Gasteiger partial charge is 0.179 e. The molecule has 0 heterocycles. The van der Waals surface area contributed by atoms with E-state index in [-0.39, 0.29) is 0 Å². The molecular formula is C9H9F3S. The zero-order chi connectivity index (χ0) is 9.90. The molecule has 4 heteroatoms. The Morgan fingerprint density at radius 3 is 2.00 bits per heavy atom. The van der Waals surface area contributed by atoms with Gasteiger partial charge in [0.1, 0.15) is 0 Å². The van der Waals surface area contributed by atoms with E-state index >= 15 is 0 Å². The van der Waals surface area contributed by atoms with Gasteiger partial charge in [-0.3, -0.25) is 0 Å². The maximum atomic E-state index is 12.1. The molecule has 72 valence electrons. The summed E-state index contributed by atoms with van der Waals surface area (Å²) in [5.41, 5.74) is 0.276. The number of halogens is 3. The van der Waals surface area contributed by atoms with Gasteiger partial charge in [-0.1, -0.05) is 12.1 Å². The van der Waals surface area contributed by atoms with E-state index in [4.69, 9.17) is 0 Å². The number of rotatable bonds is 2. The lowest BCUT2D eigenvalue weighted by atomic mass is 10.1. The van der Waals surface area contributed by atoms with E-state index in [1.165, 1.54) is 12.1 Å². The Morgan fingerprint density at radius 2 is 1.62 bits per heavy atom. The Labute approximate surface area is 80.2 Å². The lowest BCUT2D eigenvalue weighted by Crippen LogP contribution is -2.04. The molecule has 0 unspecified atom stereocenters. The second-order valence-electron chi connectivity index (χ2n) is 2.67. The highest BCUT2D eigenvalue weighted by Crippen LogP contribution is 2.29. The van der Waals surface area contributed by atoms with Gasteiger partial charge in [0.2, 0.25) is 0 Å². The maximum Gasteiger partial charge on any atom is 0.416 e. The average Bonchev–Trinajstić information content (AvgIpc) is 2.04. The summed E-state index contributed by atoms with van der Waals surface area (Å²) in [6.07, 6.45) is -3.54. The molecule has 1 aromatic carbocycles. The van der Waals surface area contributed by atoms with Crippen molar-refractivity contribution in [2.45, 2.75) is 12.6 Å². The predicted molar refractivity (Wildman–Crippen MR) is 49.0 cm³/mol. The van der Waals surface area contributed by atoms with Crippen molar-refractivity contribution < 1.29 is 13.2 Å². The van der Waals surface area contributed by atoms with Gasteiger partial charge in [0.25, 0.3) is 0 Å². The van der Waals surface area contributed by atoms with Crippen molar-refractivity contribution in [3.8, 4) is 0 Å². The quantitative estimate of drug-likeness (QED) is 0.706. The number of hydrogen-bond acceptors (Lipinski definition) is 1. The van der Waals surface area contributed by atoms with Crippen LogP contribution in [0.25, 0.3) is 0 Å². The summed E-state index contributed by atoms with van der Waals surface area (Å²) in [5.74, 6) is 0.644. The van der Waals surface area contributed by atoms with Crippen LogP contribution < -0.4 is 0 Å². The largest absolute Gasteiger partial charge is 0.416 e. The molecular weight excluding hydrogens is 197 g/mol. The zero-order valence-corrected chi connectivity index (χ0v) is 7.70. The first kappa shape index (κ1) is 10.4. The second kappa shape index (κ2) is 4.05. The van der Waals surface area contributed by atoms with Crippen LogP contribution in [0.2, 0.25) is 0 Å². The number of hydrogen-bond donors (Lipinski definition) is 1. The Balaban J connectivity index is 2.81. The molecule has 0 N–H and O–H groups in total. The molecule has 0 radical (unpaired) electrons. The number of thiol groups is 1. The van der Waals surface area contributed by atoms with Crippen LogP contribution in [0.1, 0.15) is 11.1 Å². The van der Waals surface area contributed by atoms with Crippen LogP contribution in [-0.2, 0) is 12.6 Å². The molecule has 0 saturated heterocycles. The van der Waals surface area contributed by atoms with Gasteiger partial charge in [0, 0.05) is 0 Å². The fourth-order valence-corrected chi connectivity index (χ4v) is 1.25. The Morgan fingerprint density at radius 1 is 1.08 bits per heavy atom. The SMILES string of the molecule is FC(F)(F)c1ccc(CCS)cc1. The van der Waals surface area contributed by atoms with Crippen molar-refractivity contribution in [2.75, 3.05) is 5.75 Å². The van der Waals surface area contributed by atoms with Gasteiger partial charge in [-0.25, -0.2) is 0 Å². The van der Waals surface area contributed by atoms with E-state index in [0.717, 1.165) is 17.7 Å². The van der Waals surface area contributed by atoms with Gasteiger partial charge in [0.05, 0.1) is 5.56 Å². The summed E-state index contributed by atoms with van der Waals surface area (Å²) in [6.45, 7) is 0. The van der Waals surface area contributed by atoms with Crippen LogP contribution in [-0.4, -0.2) is 5.75 Å². The van der Waals surface area contributed by atoms with E-state index < -0.39 is 11.7 Å². The molecule has 0 fully saturated rings. The zero-order valence-electron chi connectivity index (χ0n) is 6.80. The van der Waals surface area contributed by atoms with Gasteiger partial charge in [0.15, 0.2) is 0 Å².